The number of allylic oxidation sites excluding steroid dienone is 1. The fourth-order valence-electron chi connectivity index (χ4n) is 1.17. The van der Waals surface area contributed by atoms with Crippen LogP contribution in [0, 0.1) is 22.7 Å². The lowest BCUT2D eigenvalue weighted by Gasteiger charge is -2.10. The Bertz CT molecular complexity index is 518. The summed E-state index contributed by atoms with van der Waals surface area (Å²) in [6.45, 7) is 2.38. The van der Waals surface area contributed by atoms with Gasteiger partial charge in [0.2, 0.25) is 0 Å². The fourth-order valence-corrected chi connectivity index (χ4v) is 2.13. The van der Waals surface area contributed by atoms with Gasteiger partial charge in [0.05, 0.1) is 16.1 Å². The second-order valence-corrected chi connectivity index (χ2v) is 4.39. The Balaban J connectivity index is 2.98. The molecule has 18 heavy (non-hydrogen) atoms. The van der Waals surface area contributed by atoms with Crippen molar-refractivity contribution in [3.8, 4) is 17.9 Å². The van der Waals surface area contributed by atoms with Crippen LogP contribution in [0.3, 0.4) is 0 Å². The van der Waals surface area contributed by atoms with E-state index < -0.39 is 0 Å². The molecule has 0 saturated heterocycles. The molecule has 0 spiro atoms. The molecule has 1 aromatic carbocycles. The van der Waals surface area contributed by atoms with E-state index in [9.17, 15) is 0 Å². The lowest BCUT2D eigenvalue weighted by atomic mass is 10.3. The summed E-state index contributed by atoms with van der Waals surface area (Å²) in [6.07, 6.45) is 1.32. The van der Waals surface area contributed by atoms with Gasteiger partial charge in [-0.15, -0.1) is 0 Å². The first-order chi connectivity index (χ1) is 8.62. The summed E-state index contributed by atoms with van der Waals surface area (Å²) in [5.74, 6) is 0.564. The summed E-state index contributed by atoms with van der Waals surface area (Å²) in [5, 5.41) is 20.4. The minimum Gasteiger partial charge on any atom is -0.491 e. The number of halogens is 2. The Labute approximate surface area is 119 Å². The Morgan fingerprint density at radius 2 is 2.17 bits per heavy atom. The SMILES string of the molecule is CCOc1c(Cl)cc(NC=C(C#N)C#N)cc1Br. The Morgan fingerprint density at radius 3 is 2.67 bits per heavy atom. The van der Waals surface area contributed by atoms with Crippen LogP contribution < -0.4 is 10.1 Å². The highest BCUT2D eigenvalue weighted by molar-refractivity contribution is 9.10. The van der Waals surface area contributed by atoms with E-state index in [1.54, 1.807) is 24.3 Å². The zero-order chi connectivity index (χ0) is 13.5. The van der Waals surface area contributed by atoms with Crippen molar-refractivity contribution < 1.29 is 4.74 Å². The predicted molar refractivity (Wildman–Crippen MR) is 73.3 cm³/mol. The Kier molecular flexibility index (Phi) is 5.51. The van der Waals surface area contributed by atoms with Crippen molar-refractivity contribution in [2.24, 2.45) is 0 Å². The van der Waals surface area contributed by atoms with Crippen LogP contribution in [0.5, 0.6) is 5.75 Å². The van der Waals surface area contributed by atoms with E-state index >= 15 is 0 Å². The van der Waals surface area contributed by atoms with Crippen LogP contribution in [0.4, 0.5) is 5.69 Å². The summed E-state index contributed by atoms with van der Waals surface area (Å²) < 4.78 is 6.06. The number of nitriles is 2. The minimum absolute atomic E-state index is 0.0175. The fraction of sp³-hybridized carbons (Fsp3) is 0.167. The average Bonchev–Trinajstić information content (AvgIpc) is 2.35. The first-order valence-corrected chi connectivity index (χ1v) is 6.18. The van der Waals surface area contributed by atoms with Crippen molar-refractivity contribution in [3.05, 3.63) is 33.4 Å². The van der Waals surface area contributed by atoms with E-state index in [1.165, 1.54) is 6.20 Å². The van der Waals surface area contributed by atoms with E-state index in [0.29, 0.717) is 27.5 Å². The van der Waals surface area contributed by atoms with Crippen LogP contribution in [-0.4, -0.2) is 6.61 Å². The summed E-state index contributed by atoms with van der Waals surface area (Å²) >= 11 is 9.39. The van der Waals surface area contributed by atoms with Gasteiger partial charge < -0.3 is 10.1 Å². The number of hydrogen-bond acceptors (Lipinski definition) is 4. The van der Waals surface area contributed by atoms with Gasteiger partial charge in [-0.3, -0.25) is 0 Å². The summed E-state index contributed by atoms with van der Waals surface area (Å²) in [7, 11) is 0. The largest absolute Gasteiger partial charge is 0.491 e. The molecule has 0 amide bonds. The first kappa shape index (κ1) is 14.4. The van der Waals surface area contributed by atoms with Crippen LogP contribution >= 0.6 is 27.5 Å². The Morgan fingerprint density at radius 1 is 1.50 bits per heavy atom. The zero-order valence-electron chi connectivity index (χ0n) is 9.50. The predicted octanol–water partition coefficient (Wildman–Crippen LogP) is 3.84. The van der Waals surface area contributed by atoms with Gasteiger partial charge in [0.15, 0.2) is 5.75 Å². The molecule has 6 heteroatoms. The summed E-state index contributed by atoms with van der Waals surface area (Å²) in [5.41, 5.74) is 0.634. The van der Waals surface area contributed by atoms with Crippen molar-refractivity contribution >= 4 is 33.2 Å². The average molecular weight is 327 g/mol. The molecule has 0 aliphatic rings. The number of hydrogen-bond donors (Lipinski definition) is 1. The first-order valence-electron chi connectivity index (χ1n) is 5.01. The van der Waals surface area contributed by atoms with Gasteiger partial charge in [-0.05, 0) is 35.0 Å². The lowest BCUT2D eigenvalue weighted by Crippen LogP contribution is -1.95. The minimum atomic E-state index is -0.0175. The molecule has 0 fully saturated rings. The molecule has 0 unspecified atom stereocenters. The summed E-state index contributed by atoms with van der Waals surface area (Å²) in [6, 6.07) is 6.90. The van der Waals surface area contributed by atoms with E-state index in [1.807, 2.05) is 6.92 Å². The van der Waals surface area contributed by atoms with Gasteiger partial charge in [0, 0.05) is 11.9 Å². The maximum Gasteiger partial charge on any atom is 0.152 e. The topological polar surface area (TPSA) is 68.8 Å². The number of rotatable bonds is 4. The maximum atomic E-state index is 8.59. The molecule has 1 aromatic rings. The van der Waals surface area contributed by atoms with Crippen LogP contribution in [0.15, 0.2) is 28.4 Å². The van der Waals surface area contributed by atoms with Crippen LogP contribution in [0.25, 0.3) is 0 Å². The molecular weight excluding hydrogens is 318 g/mol. The van der Waals surface area contributed by atoms with Crippen molar-refractivity contribution in [1.82, 2.24) is 0 Å². The second kappa shape index (κ2) is 6.90. The third-order valence-electron chi connectivity index (χ3n) is 1.91. The number of nitrogens with zero attached hydrogens (tertiary/aromatic N) is 2. The van der Waals surface area contributed by atoms with Crippen molar-refractivity contribution in [1.29, 1.82) is 10.5 Å². The molecule has 92 valence electrons. The van der Waals surface area contributed by atoms with Gasteiger partial charge in [0.25, 0.3) is 0 Å². The quantitative estimate of drug-likeness (QED) is 0.853. The smallest absolute Gasteiger partial charge is 0.152 e. The highest BCUT2D eigenvalue weighted by atomic mass is 79.9. The molecule has 0 atom stereocenters. The monoisotopic (exact) mass is 325 g/mol. The lowest BCUT2D eigenvalue weighted by molar-refractivity contribution is 0.338. The third kappa shape index (κ3) is 3.66. The number of anilines is 1. The van der Waals surface area contributed by atoms with E-state index in [0.717, 1.165) is 0 Å². The van der Waals surface area contributed by atoms with Gasteiger partial charge in [0.1, 0.15) is 17.7 Å². The number of benzene rings is 1. The molecular formula is C12H9BrClN3O. The molecule has 0 bridgehead atoms. The van der Waals surface area contributed by atoms with Crippen LogP contribution in [0.2, 0.25) is 5.02 Å². The number of nitrogens with one attached hydrogen (secondary N) is 1. The third-order valence-corrected chi connectivity index (χ3v) is 2.78. The van der Waals surface area contributed by atoms with Crippen molar-refractivity contribution in [3.63, 3.8) is 0 Å². The molecule has 0 saturated carbocycles. The van der Waals surface area contributed by atoms with Gasteiger partial charge in [-0.25, -0.2) is 0 Å². The second-order valence-electron chi connectivity index (χ2n) is 3.13. The van der Waals surface area contributed by atoms with E-state index in [2.05, 4.69) is 21.2 Å². The Hall–Kier alpha value is -1.69. The molecule has 4 nitrogen and oxygen atoms in total. The number of ether oxygens (including phenoxy) is 1. The van der Waals surface area contributed by atoms with E-state index in [-0.39, 0.29) is 5.57 Å². The molecule has 1 rings (SSSR count). The van der Waals surface area contributed by atoms with Gasteiger partial charge >= 0.3 is 0 Å². The highest BCUT2D eigenvalue weighted by Crippen LogP contribution is 2.36. The summed E-state index contributed by atoms with van der Waals surface area (Å²) in [4.78, 5) is 0. The molecule has 0 aromatic heterocycles. The van der Waals surface area contributed by atoms with Crippen LogP contribution in [-0.2, 0) is 0 Å². The van der Waals surface area contributed by atoms with Gasteiger partial charge in [-0.1, -0.05) is 11.6 Å². The normalized spacial score (nSPS) is 8.94. The standard InChI is InChI=1S/C12H9BrClN3O/c1-2-18-12-10(13)3-9(4-11(12)14)17-7-8(5-15)6-16/h3-4,7,17H,2H2,1H3. The van der Waals surface area contributed by atoms with Crippen LogP contribution in [0.1, 0.15) is 6.92 Å². The maximum absolute atomic E-state index is 8.59. The van der Waals surface area contributed by atoms with Crippen molar-refractivity contribution in [2.45, 2.75) is 6.92 Å². The van der Waals surface area contributed by atoms with Crippen molar-refractivity contribution in [2.75, 3.05) is 11.9 Å². The molecule has 0 radical (unpaired) electrons. The molecule has 0 aliphatic carbocycles. The van der Waals surface area contributed by atoms with Gasteiger partial charge in [-0.2, -0.15) is 10.5 Å². The molecule has 1 N–H and O–H groups in total. The van der Waals surface area contributed by atoms with E-state index in [4.69, 9.17) is 26.9 Å². The zero-order valence-corrected chi connectivity index (χ0v) is 11.8. The molecule has 0 aliphatic heterocycles. The highest BCUT2D eigenvalue weighted by Gasteiger charge is 2.08. The molecule has 0 heterocycles.